The Hall–Kier alpha value is -5.48. The lowest BCUT2D eigenvalue weighted by Crippen LogP contribution is -2.09. The van der Waals surface area contributed by atoms with Gasteiger partial charge in [0.2, 0.25) is 5.95 Å². The second kappa shape index (κ2) is 8.12. The Kier molecular flexibility index (Phi) is 4.25. The molecule has 0 fully saturated rings. The number of aromatic nitrogens is 3. The van der Waals surface area contributed by atoms with Gasteiger partial charge < -0.3 is 4.42 Å². The number of nitrogens with zero attached hydrogens (tertiary/aromatic N) is 3. The third kappa shape index (κ3) is 2.88. The zero-order valence-corrected chi connectivity index (χ0v) is 23.9. The van der Waals surface area contributed by atoms with E-state index in [4.69, 9.17) is 14.4 Å². The Bertz CT molecular complexity index is 2710. The van der Waals surface area contributed by atoms with Crippen molar-refractivity contribution in [3.8, 4) is 17.2 Å². The first-order valence-electron chi connectivity index (χ1n) is 15.5. The maximum absolute atomic E-state index is 6.90. The van der Waals surface area contributed by atoms with Crippen LogP contribution in [0.3, 0.4) is 0 Å². The second-order valence-electron chi connectivity index (χ2n) is 12.4. The first kappa shape index (κ1) is 23.0. The Morgan fingerprint density at radius 1 is 0.545 bits per heavy atom. The number of para-hydroxylation sites is 1. The molecule has 0 saturated heterocycles. The normalized spacial score (nSPS) is 14.0. The van der Waals surface area contributed by atoms with Crippen LogP contribution in [0.4, 0.5) is 0 Å². The van der Waals surface area contributed by atoms with Crippen LogP contribution in [0.1, 0.15) is 22.3 Å². The lowest BCUT2D eigenvalue weighted by atomic mass is 9.86. The van der Waals surface area contributed by atoms with Gasteiger partial charge in [-0.05, 0) is 83.7 Å². The maximum Gasteiger partial charge on any atom is 0.235 e. The van der Waals surface area contributed by atoms with E-state index in [9.17, 15) is 0 Å². The van der Waals surface area contributed by atoms with Gasteiger partial charge >= 0.3 is 0 Å². The highest BCUT2D eigenvalue weighted by Crippen LogP contribution is 2.47. The Morgan fingerprint density at radius 3 is 2.00 bits per heavy atom. The fraction of sp³-hybridized carbons (Fsp3) is 0.100. The highest BCUT2D eigenvalue weighted by atomic mass is 16.3. The number of benzene rings is 6. The standard InChI is InChI=1S/C40H25N3O/c1-2-8-22(9-3-1)37-29-12-6-7-13-32(29)41-40(42-37)43-33-20-25-16-14-23(25)18-30(33)36-38(43)28-11-5-4-10-27(28)35-31-19-24-15-17-26(24)21-34(31)44-39(35)36/h1-13,18-21H,14-17H2. The molecule has 2 aliphatic carbocycles. The molecule has 0 atom stereocenters. The quantitative estimate of drug-likeness (QED) is 0.210. The molecule has 0 spiro atoms. The van der Waals surface area contributed by atoms with Crippen molar-refractivity contribution < 1.29 is 4.42 Å². The molecule has 2 aliphatic rings. The molecule has 0 bridgehead atoms. The van der Waals surface area contributed by atoms with E-state index >= 15 is 0 Å². The third-order valence-corrected chi connectivity index (χ3v) is 10.1. The summed E-state index contributed by atoms with van der Waals surface area (Å²) in [6, 6.07) is 37.1. The molecular formula is C40H25N3O. The molecule has 4 heteroatoms. The van der Waals surface area contributed by atoms with Crippen LogP contribution in [0.25, 0.3) is 82.6 Å². The van der Waals surface area contributed by atoms with Gasteiger partial charge in [-0.2, -0.15) is 0 Å². The van der Waals surface area contributed by atoms with E-state index in [-0.39, 0.29) is 0 Å². The first-order valence-corrected chi connectivity index (χ1v) is 15.5. The van der Waals surface area contributed by atoms with Crippen LogP contribution >= 0.6 is 0 Å². The van der Waals surface area contributed by atoms with Crippen LogP contribution in [0.2, 0.25) is 0 Å². The zero-order chi connectivity index (χ0) is 28.5. The third-order valence-electron chi connectivity index (χ3n) is 10.1. The smallest absolute Gasteiger partial charge is 0.235 e. The average molecular weight is 564 g/mol. The summed E-state index contributed by atoms with van der Waals surface area (Å²) in [5.41, 5.74) is 12.9. The van der Waals surface area contributed by atoms with Gasteiger partial charge in [-0.1, -0.05) is 72.8 Å². The minimum atomic E-state index is 0.685. The average Bonchev–Trinajstić information content (AvgIpc) is 3.58. The van der Waals surface area contributed by atoms with Gasteiger partial charge in [0.05, 0.1) is 27.6 Å². The lowest BCUT2D eigenvalue weighted by Gasteiger charge is -2.19. The van der Waals surface area contributed by atoms with Gasteiger partial charge in [-0.25, -0.2) is 9.97 Å². The van der Waals surface area contributed by atoms with Crippen molar-refractivity contribution in [2.24, 2.45) is 0 Å². The van der Waals surface area contributed by atoms with Crippen molar-refractivity contribution in [1.82, 2.24) is 14.5 Å². The van der Waals surface area contributed by atoms with Crippen LogP contribution in [-0.2, 0) is 25.7 Å². The molecule has 0 aliphatic heterocycles. The van der Waals surface area contributed by atoms with Crippen molar-refractivity contribution in [1.29, 1.82) is 0 Å². The molecule has 0 radical (unpaired) electrons. The molecule has 44 heavy (non-hydrogen) atoms. The van der Waals surface area contributed by atoms with E-state index in [0.29, 0.717) is 5.95 Å². The number of aryl methyl sites for hydroxylation is 4. The van der Waals surface area contributed by atoms with Gasteiger partial charge in [-0.15, -0.1) is 0 Å². The molecular weight excluding hydrogens is 538 g/mol. The number of hydrogen-bond donors (Lipinski definition) is 0. The fourth-order valence-corrected chi connectivity index (χ4v) is 7.79. The summed E-state index contributed by atoms with van der Waals surface area (Å²) >= 11 is 0. The predicted molar refractivity (Wildman–Crippen MR) is 179 cm³/mol. The van der Waals surface area contributed by atoms with Gasteiger partial charge in [0.15, 0.2) is 0 Å². The lowest BCUT2D eigenvalue weighted by molar-refractivity contribution is 0.670. The minimum absolute atomic E-state index is 0.685. The van der Waals surface area contributed by atoms with E-state index in [1.165, 1.54) is 49.2 Å². The van der Waals surface area contributed by atoms with Crippen LogP contribution in [0.5, 0.6) is 0 Å². The summed E-state index contributed by atoms with van der Waals surface area (Å²) in [7, 11) is 0. The van der Waals surface area contributed by atoms with Crippen LogP contribution in [0.15, 0.2) is 108 Å². The summed E-state index contributed by atoms with van der Waals surface area (Å²) in [5.74, 6) is 0.685. The summed E-state index contributed by atoms with van der Waals surface area (Å²) < 4.78 is 9.21. The van der Waals surface area contributed by atoms with Crippen molar-refractivity contribution in [2.45, 2.75) is 25.7 Å². The first-order chi connectivity index (χ1) is 21.8. The highest BCUT2D eigenvalue weighted by Gasteiger charge is 2.27. The molecule has 0 unspecified atom stereocenters. The molecule has 6 aromatic carbocycles. The van der Waals surface area contributed by atoms with E-state index in [0.717, 1.165) is 75.4 Å². The van der Waals surface area contributed by atoms with Gasteiger partial charge in [0.25, 0.3) is 0 Å². The van der Waals surface area contributed by atoms with E-state index < -0.39 is 0 Å². The molecule has 206 valence electrons. The number of rotatable bonds is 2. The highest BCUT2D eigenvalue weighted by molar-refractivity contribution is 6.35. The van der Waals surface area contributed by atoms with Crippen molar-refractivity contribution in [3.05, 3.63) is 125 Å². The topological polar surface area (TPSA) is 43.9 Å². The monoisotopic (exact) mass is 563 g/mol. The molecule has 0 amide bonds. The fourth-order valence-electron chi connectivity index (χ4n) is 7.79. The van der Waals surface area contributed by atoms with Crippen LogP contribution in [-0.4, -0.2) is 14.5 Å². The molecule has 0 saturated carbocycles. The van der Waals surface area contributed by atoms with Gasteiger partial charge in [-0.3, -0.25) is 4.57 Å². The Balaban J connectivity index is 1.37. The molecule has 0 N–H and O–H groups in total. The molecule has 3 aromatic heterocycles. The van der Waals surface area contributed by atoms with Crippen LogP contribution < -0.4 is 0 Å². The largest absolute Gasteiger partial charge is 0.455 e. The molecule has 11 rings (SSSR count). The van der Waals surface area contributed by atoms with Gasteiger partial charge in [0.1, 0.15) is 11.2 Å². The SMILES string of the molecule is c1ccc(-c2nc(-n3c4cc5c(cc4c4c6oc7cc8c(cc7c6c6ccccc6c43)CC8)CC5)nc3ccccc23)cc1. The Morgan fingerprint density at radius 2 is 1.20 bits per heavy atom. The van der Waals surface area contributed by atoms with E-state index in [2.05, 4.69) is 108 Å². The molecule has 4 nitrogen and oxygen atoms in total. The van der Waals surface area contributed by atoms with E-state index in [1.807, 2.05) is 0 Å². The maximum atomic E-state index is 6.90. The second-order valence-corrected chi connectivity index (χ2v) is 12.4. The predicted octanol–water partition coefficient (Wildman–Crippen LogP) is 9.64. The number of hydrogen-bond acceptors (Lipinski definition) is 3. The number of furan rings is 1. The molecule has 3 heterocycles. The Labute approximate surface area is 252 Å². The van der Waals surface area contributed by atoms with E-state index in [1.54, 1.807) is 0 Å². The number of fused-ring (bicyclic) bond motifs is 13. The summed E-state index contributed by atoms with van der Waals surface area (Å²) in [4.78, 5) is 10.6. The summed E-state index contributed by atoms with van der Waals surface area (Å²) in [6.45, 7) is 0. The summed E-state index contributed by atoms with van der Waals surface area (Å²) in [6.07, 6.45) is 4.50. The molecule has 9 aromatic rings. The van der Waals surface area contributed by atoms with Crippen molar-refractivity contribution in [3.63, 3.8) is 0 Å². The van der Waals surface area contributed by atoms with Crippen LogP contribution in [0, 0.1) is 0 Å². The van der Waals surface area contributed by atoms with Crippen molar-refractivity contribution >= 4 is 65.4 Å². The zero-order valence-electron chi connectivity index (χ0n) is 23.9. The van der Waals surface area contributed by atoms with Crippen molar-refractivity contribution in [2.75, 3.05) is 0 Å². The van der Waals surface area contributed by atoms with Gasteiger partial charge in [0, 0.05) is 32.5 Å². The minimum Gasteiger partial charge on any atom is -0.455 e. The summed E-state index contributed by atoms with van der Waals surface area (Å²) in [5, 5.41) is 8.24.